The van der Waals surface area contributed by atoms with Crippen LogP contribution in [0.3, 0.4) is 0 Å². The third-order valence-electron chi connectivity index (χ3n) is 2.45. The van der Waals surface area contributed by atoms with Crippen molar-refractivity contribution < 1.29 is 0 Å². The fraction of sp³-hybridized carbons (Fsp3) is 0.231. The number of hydrogen-bond acceptors (Lipinski definition) is 5. The van der Waals surface area contributed by atoms with Crippen molar-refractivity contribution in [3.05, 3.63) is 40.9 Å². The summed E-state index contributed by atoms with van der Waals surface area (Å²) in [4.78, 5) is 8.82. The molecule has 3 nitrogen and oxygen atoms in total. The zero-order valence-corrected chi connectivity index (χ0v) is 13.1. The van der Waals surface area contributed by atoms with Crippen LogP contribution in [0.4, 0.5) is 5.82 Å². The van der Waals surface area contributed by atoms with Gasteiger partial charge in [-0.05, 0) is 17.9 Å². The highest BCUT2D eigenvalue weighted by Gasteiger charge is 2.05. The number of rotatable bonds is 5. The van der Waals surface area contributed by atoms with E-state index in [1.165, 1.54) is 11.8 Å². The summed E-state index contributed by atoms with van der Waals surface area (Å²) in [5, 5.41) is 5.56. The first-order valence-electron chi connectivity index (χ1n) is 5.70. The summed E-state index contributed by atoms with van der Waals surface area (Å²) in [5.74, 6) is 1.63. The van der Waals surface area contributed by atoms with E-state index in [1.54, 1.807) is 11.8 Å². The van der Waals surface area contributed by atoms with Crippen molar-refractivity contribution >= 4 is 40.9 Å². The van der Waals surface area contributed by atoms with Gasteiger partial charge in [0.1, 0.15) is 10.8 Å². The number of aromatic nitrogens is 2. The molecule has 0 spiro atoms. The van der Waals surface area contributed by atoms with Crippen LogP contribution in [0.5, 0.6) is 0 Å². The molecule has 0 bridgehead atoms. The molecule has 0 saturated carbocycles. The predicted molar refractivity (Wildman–Crippen MR) is 84.4 cm³/mol. The van der Waals surface area contributed by atoms with Crippen molar-refractivity contribution in [1.29, 1.82) is 0 Å². The van der Waals surface area contributed by atoms with Gasteiger partial charge in [-0.25, -0.2) is 9.97 Å². The van der Waals surface area contributed by atoms with Gasteiger partial charge in [-0.1, -0.05) is 41.6 Å². The molecule has 0 atom stereocenters. The summed E-state index contributed by atoms with van der Waals surface area (Å²) in [5.41, 5.74) is 1.12. The minimum Gasteiger partial charge on any atom is -0.373 e. The Morgan fingerprint density at radius 3 is 2.74 bits per heavy atom. The second-order valence-corrected chi connectivity index (χ2v) is 5.88. The van der Waals surface area contributed by atoms with Gasteiger partial charge in [-0.2, -0.15) is 0 Å². The van der Waals surface area contributed by atoms with Crippen LogP contribution >= 0.6 is 35.1 Å². The number of anilines is 1. The summed E-state index contributed by atoms with van der Waals surface area (Å²) in [6, 6.07) is 9.82. The molecule has 1 N–H and O–H groups in total. The van der Waals surface area contributed by atoms with Gasteiger partial charge in [0, 0.05) is 23.9 Å². The van der Waals surface area contributed by atoms with Crippen molar-refractivity contribution in [3.8, 4) is 0 Å². The molecular formula is C13H14ClN3S2. The molecule has 0 aliphatic carbocycles. The lowest BCUT2D eigenvalue weighted by Gasteiger charge is -2.07. The molecule has 0 aliphatic heterocycles. The highest BCUT2D eigenvalue weighted by atomic mass is 35.5. The van der Waals surface area contributed by atoms with Crippen molar-refractivity contribution in [2.75, 3.05) is 18.6 Å². The number of hydrogen-bond donors (Lipinski definition) is 1. The Labute approximate surface area is 126 Å². The largest absolute Gasteiger partial charge is 0.373 e. The van der Waals surface area contributed by atoms with E-state index in [0.717, 1.165) is 32.3 Å². The van der Waals surface area contributed by atoms with Gasteiger partial charge in [0.2, 0.25) is 0 Å². The van der Waals surface area contributed by atoms with Gasteiger partial charge < -0.3 is 5.32 Å². The molecule has 1 aromatic heterocycles. The molecule has 100 valence electrons. The van der Waals surface area contributed by atoms with E-state index in [-0.39, 0.29) is 0 Å². The molecule has 0 unspecified atom stereocenters. The number of thioether (sulfide) groups is 2. The highest BCUT2D eigenvalue weighted by molar-refractivity contribution is 7.99. The second-order valence-electron chi connectivity index (χ2n) is 3.71. The molecule has 0 amide bonds. The Morgan fingerprint density at radius 1 is 1.26 bits per heavy atom. The van der Waals surface area contributed by atoms with E-state index >= 15 is 0 Å². The van der Waals surface area contributed by atoms with E-state index < -0.39 is 0 Å². The normalized spacial score (nSPS) is 10.5. The molecule has 2 aromatic rings. The molecule has 1 aromatic carbocycles. The van der Waals surface area contributed by atoms with E-state index in [2.05, 4.69) is 15.3 Å². The summed E-state index contributed by atoms with van der Waals surface area (Å²) >= 11 is 9.34. The Bertz CT molecular complexity index is 541. The van der Waals surface area contributed by atoms with E-state index in [4.69, 9.17) is 11.6 Å². The minimum atomic E-state index is 0.772. The van der Waals surface area contributed by atoms with Gasteiger partial charge in [-0.3, -0.25) is 0 Å². The highest BCUT2D eigenvalue weighted by Crippen LogP contribution is 2.27. The van der Waals surface area contributed by atoms with Crippen molar-refractivity contribution in [2.24, 2.45) is 0 Å². The fourth-order valence-electron chi connectivity index (χ4n) is 1.46. The molecule has 0 aliphatic rings. The molecule has 0 saturated heterocycles. The van der Waals surface area contributed by atoms with Crippen LogP contribution in [-0.2, 0) is 5.75 Å². The van der Waals surface area contributed by atoms with Gasteiger partial charge in [-0.15, -0.1) is 11.8 Å². The van der Waals surface area contributed by atoms with Gasteiger partial charge >= 0.3 is 0 Å². The van der Waals surface area contributed by atoms with Gasteiger partial charge in [0.15, 0.2) is 5.16 Å². The van der Waals surface area contributed by atoms with Gasteiger partial charge in [0.25, 0.3) is 0 Å². The topological polar surface area (TPSA) is 37.8 Å². The summed E-state index contributed by atoms with van der Waals surface area (Å²) in [6.07, 6.45) is 1.97. The standard InChI is InChI=1S/C13H14ClN3S2/c1-15-11-7-12(17-13(16-11)18-2)19-8-9-5-3-4-6-10(9)14/h3-7H,8H2,1-2H3,(H,15,16,17). The summed E-state index contributed by atoms with van der Waals surface area (Å²) in [6.45, 7) is 0. The molecule has 0 radical (unpaired) electrons. The SMILES string of the molecule is CNc1cc(SCc2ccccc2Cl)nc(SC)n1. The Kier molecular flexibility index (Phi) is 5.36. The first kappa shape index (κ1) is 14.5. The molecule has 19 heavy (non-hydrogen) atoms. The third kappa shape index (κ3) is 4.03. The number of nitrogens with zero attached hydrogens (tertiary/aromatic N) is 2. The Morgan fingerprint density at radius 2 is 2.05 bits per heavy atom. The zero-order chi connectivity index (χ0) is 13.7. The lowest BCUT2D eigenvalue weighted by molar-refractivity contribution is 0.897. The maximum atomic E-state index is 6.15. The van der Waals surface area contributed by atoms with E-state index in [9.17, 15) is 0 Å². The smallest absolute Gasteiger partial charge is 0.190 e. The molecule has 2 rings (SSSR count). The molecule has 0 fully saturated rings. The third-order valence-corrected chi connectivity index (χ3v) is 4.33. The summed E-state index contributed by atoms with van der Waals surface area (Å²) < 4.78 is 0. The molecular weight excluding hydrogens is 298 g/mol. The van der Waals surface area contributed by atoms with Crippen LogP contribution in [0.15, 0.2) is 40.5 Å². The van der Waals surface area contributed by atoms with Crippen molar-refractivity contribution in [1.82, 2.24) is 9.97 Å². The van der Waals surface area contributed by atoms with Crippen molar-refractivity contribution in [2.45, 2.75) is 15.9 Å². The minimum absolute atomic E-state index is 0.772. The molecule has 1 heterocycles. The van der Waals surface area contributed by atoms with Crippen LogP contribution in [0, 0.1) is 0 Å². The van der Waals surface area contributed by atoms with Crippen LogP contribution in [0.25, 0.3) is 0 Å². The van der Waals surface area contributed by atoms with Crippen LogP contribution in [0.2, 0.25) is 5.02 Å². The van der Waals surface area contributed by atoms with Crippen LogP contribution < -0.4 is 5.32 Å². The summed E-state index contributed by atoms with van der Waals surface area (Å²) in [7, 11) is 1.86. The van der Waals surface area contributed by atoms with Crippen LogP contribution in [-0.4, -0.2) is 23.3 Å². The first-order valence-corrected chi connectivity index (χ1v) is 8.29. The van der Waals surface area contributed by atoms with Crippen LogP contribution in [0.1, 0.15) is 5.56 Å². The number of benzene rings is 1. The Hall–Kier alpha value is -0.910. The van der Waals surface area contributed by atoms with Gasteiger partial charge in [0.05, 0.1) is 0 Å². The van der Waals surface area contributed by atoms with Crippen molar-refractivity contribution in [3.63, 3.8) is 0 Å². The quantitative estimate of drug-likeness (QED) is 0.509. The lowest BCUT2D eigenvalue weighted by atomic mass is 10.2. The average molecular weight is 312 g/mol. The number of nitrogens with one attached hydrogen (secondary N) is 1. The maximum Gasteiger partial charge on any atom is 0.190 e. The monoisotopic (exact) mass is 311 g/mol. The fourth-order valence-corrected chi connectivity index (χ4v) is 3.08. The Balaban J connectivity index is 2.13. The molecule has 6 heteroatoms. The lowest BCUT2D eigenvalue weighted by Crippen LogP contribution is -1.97. The zero-order valence-electron chi connectivity index (χ0n) is 10.7. The number of halogens is 1. The predicted octanol–water partition coefficient (Wildman–Crippen LogP) is 4.19. The second kappa shape index (κ2) is 7.03. The average Bonchev–Trinajstić information content (AvgIpc) is 2.46. The maximum absolute atomic E-state index is 6.15. The van der Waals surface area contributed by atoms with E-state index in [1.807, 2.05) is 43.6 Å². The van der Waals surface area contributed by atoms with E-state index in [0.29, 0.717) is 0 Å². The first-order chi connectivity index (χ1) is 9.22.